The van der Waals surface area contributed by atoms with E-state index >= 15 is 0 Å². The lowest BCUT2D eigenvalue weighted by Crippen LogP contribution is -2.32. The van der Waals surface area contributed by atoms with Crippen LogP contribution in [0.1, 0.15) is 40.0 Å². The van der Waals surface area contributed by atoms with Crippen LogP contribution in [0.25, 0.3) is 0 Å². The maximum Gasteiger partial charge on any atom is 0.105 e. The van der Waals surface area contributed by atoms with E-state index in [4.69, 9.17) is 0 Å². The van der Waals surface area contributed by atoms with Gasteiger partial charge in [-0.15, -0.1) is 0 Å². The molecule has 0 saturated carbocycles. The van der Waals surface area contributed by atoms with Crippen molar-refractivity contribution in [2.75, 3.05) is 13.1 Å². The van der Waals surface area contributed by atoms with Crippen LogP contribution in [-0.2, 0) is 0 Å². The molecule has 13 heavy (non-hydrogen) atoms. The van der Waals surface area contributed by atoms with Gasteiger partial charge in [0.15, 0.2) is 0 Å². The monoisotopic (exact) mass is 187 g/mol. The second-order valence-corrected chi connectivity index (χ2v) is 5.26. The lowest BCUT2D eigenvalue weighted by Gasteiger charge is -2.29. The largest absolute Gasteiger partial charge is 0.317 e. The Labute approximate surface area is 81.1 Å². The molecule has 0 bridgehead atoms. The molecule has 1 saturated heterocycles. The van der Waals surface area contributed by atoms with Crippen molar-refractivity contribution in [3.63, 3.8) is 0 Å². The number of halogens is 1. The van der Waals surface area contributed by atoms with Gasteiger partial charge in [-0.2, -0.15) is 0 Å². The van der Waals surface area contributed by atoms with Crippen LogP contribution in [-0.4, -0.2) is 19.3 Å². The summed E-state index contributed by atoms with van der Waals surface area (Å²) < 4.78 is 13.7. The molecule has 1 atom stereocenters. The summed E-state index contributed by atoms with van der Waals surface area (Å²) in [6.07, 6.45) is 2.41. The average Bonchev–Trinajstić information content (AvgIpc) is 2.04. The smallest absolute Gasteiger partial charge is 0.105 e. The number of piperidine rings is 1. The first-order valence-electron chi connectivity index (χ1n) is 5.35. The van der Waals surface area contributed by atoms with Crippen molar-refractivity contribution >= 4 is 0 Å². The molecule has 1 aliphatic rings. The molecule has 0 aromatic rings. The van der Waals surface area contributed by atoms with Crippen LogP contribution in [0.3, 0.4) is 0 Å². The summed E-state index contributed by atoms with van der Waals surface area (Å²) in [5.74, 6) is 0.607. The number of hydrogen-bond donors (Lipinski definition) is 1. The zero-order valence-corrected chi connectivity index (χ0v) is 9.07. The van der Waals surface area contributed by atoms with E-state index in [-0.39, 0.29) is 5.41 Å². The first-order valence-corrected chi connectivity index (χ1v) is 5.35. The van der Waals surface area contributed by atoms with Gasteiger partial charge >= 0.3 is 0 Å². The van der Waals surface area contributed by atoms with Gasteiger partial charge in [-0.05, 0) is 43.7 Å². The second-order valence-electron chi connectivity index (χ2n) is 5.26. The Morgan fingerprint density at radius 1 is 1.31 bits per heavy atom. The number of hydrogen-bond acceptors (Lipinski definition) is 1. The molecule has 78 valence electrons. The molecule has 1 unspecified atom stereocenters. The maximum atomic E-state index is 13.7. The molecule has 1 heterocycles. The quantitative estimate of drug-likeness (QED) is 0.701. The van der Waals surface area contributed by atoms with Crippen molar-refractivity contribution in [1.29, 1.82) is 0 Å². The van der Waals surface area contributed by atoms with Gasteiger partial charge in [-0.1, -0.05) is 20.8 Å². The van der Waals surface area contributed by atoms with Gasteiger partial charge in [0.1, 0.15) is 6.17 Å². The Hall–Kier alpha value is -0.110. The average molecular weight is 187 g/mol. The molecule has 1 N–H and O–H groups in total. The summed E-state index contributed by atoms with van der Waals surface area (Å²) in [6, 6.07) is 0. The van der Waals surface area contributed by atoms with E-state index in [2.05, 4.69) is 5.32 Å². The topological polar surface area (TPSA) is 12.0 Å². The fraction of sp³-hybridized carbons (Fsp3) is 1.00. The van der Waals surface area contributed by atoms with Gasteiger partial charge in [0.2, 0.25) is 0 Å². The van der Waals surface area contributed by atoms with Crippen molar-refractivity contribution in [2.24, 2.45) is 11.3 Å². The summed E-state index contributed by atoms with van der Waals surface area (Å²) in [7, 11) is 0. The molecule has 1 rings (SSSR count). The van der Waals surface area contributed by atoms with Gasteiger partial charge in [-0.25, -0.2) is 4.39 Å². The van der Waals surface area contributed by atoms with Gasteiger partial charge in [0, 0.05) is 0 Å². The number of nitrogens with one attached hydrogen (secondary N) is 1. The Balaban J connectivity index is 2.30. The Kier molecular flexibility index (Phi) is 3.72. The highest BCUT2D eigenvalue weighted by Gasteiger charge is 2.27. The first kappa shape index (κ1) is 11.0. The molecule has 0 amide bonds. The van der Waals surface area contributed by atoms with Crippen molar-refractivity contribution in [2.45, 2.75) is 46.2 Å². The van der Waals surface area contributed by atoms with E-state index < -0.39 is 6.17 Å². The molecule has 0 spiro atoms. The Morgan fingerprint density at radius 2 is 1.85 bits per heavy atom. The Morgan fingerprint density at radius 3 is 2.31 bits per heavy atom. The van der Waals surface area contributed by atoms with Gasteiger partial charge in [0.25, 0.3) is 0 Å². The molecule has 0 aliphatic carbocycles. The molecule has 1 nitrogen and oxygen atoms in total. The first-order chi connectivity index (χ1) is 6.00. The SMILES string of the molecule is CC(C)(C)C(F)CC1CCNCC1. The maximum absolute atomic E-state index is 13.7. The minimum Gasteiger partial charge on any atom is -0.317 e. The van der Waals surface area contributed by atoms with Crippen LogP contribution < -0.4 is 5.32 Å². The Bertz CT molecular complexity index is 145. The lowest BCUT2D eigenvalue weighted by atomic mass is 9.82. The molecular weight excluding hydrogens is 165 g/mol. The zero-order chi connectivity index (χ0) is 9.90. The van der Waals surface area contributed by atoms with Crippen LogP contribution in [0.2, 0.25) is 0 Å². The minimum atomic E-state index is -0.643. The standard InChI is InChI=1S/C11H22FN/c1-11(2,3)10(12)8-9-4-6-13-7-5-9/h9-10,13H,4-8H2,1-3H3. The van der Waals surface area contributed by atoms with Crippen molar-refractivity contribution in [3.05, 3.63) is 0 Å². The molecule has 0 aromatic carbocycles. The van der Waals surface area contributed by atoms with E-state index in [1.807, 2.05) is 20.8 Å². The number of alkyl halides is 1. The third kappa shape index (κ3) is 3.63. The van der Waals surface area contributed by atoms with Crippen LogP contribution >= 0.6 is 0 Å². The van der Waals surface area contributed by atoms with Crippen molar-refractivity contribution < 1.29 is 4.39 Å². The molecule has 0 aromatic heterocycles. The van der Waals surface area contributed by atoms with Crippen LogP contribution in [0, 0.1) is 11.3 Å². The van der Waals surface area contributed by atoms with Crippen molar-refractivity contribution in [1.82, 2.24) is 5.32 Å². The number of rotatable bonds is 2. The predicted octanol–water partition coefficient (Wildman–Crippen LogP) is 2.76. The summed E-state index contributed by atoms with van der Waals surface area (Å²) in [6.45, 7) is 8.10. The fourth-order valence-electron chi connectivity index (χ4n) is 1.76. The minimum absolute atomic E-state index is 0.176. The third-order valence-corrected chi connectivity index (χ3v) is 2.94. The molecule has 2 heteroatoms. The van der Waals surface area contributed by atoms with Crippen LogP contribution in [0.4, 0.5) is 4.39 Å². The van der Waals surface area contributed by atoms with Gasteiger partial charge < -0.3 is 5.32 Å². The summed E-state index contributed by atoms with van der Waals surface area (Å²) >= 11 is 0. The van der Waals surface area contributed by atoms with E-state index in [1.54, 1.807) is 0 Å². The zero-order valence-electron chi connectivity index (χ0n) is 9.07. The van der Waals surface area contributed by atoms with E-state index in [9.17, 15) is 4.39 Å². The van der Waals surface area contributed by atoms with Gasteiger partial charge in [0.05, 0.1) is 0 Å². The lowest BCUT2D eigenvalue weighted by molar-refractivity contribution is 0.122. The summed E-state index contributed by atoms with van der Waals surface area (Å²) in [5, 5.41) is 3.30. The third-order valence-electron chi connectivity index (χ3n) is 2.94. The molecule has 1 aliphatic heterocycles. The van der Waals surface area contributed by atoms with E-state index in [0.29, 0.717) is 5.92 Å². The van der Waals surface area contributed by atoms with E-state index in [1.165, 1.54) is 0 Å². The highest BCUT2D eigenvalue weighted by molar-refractivity contribution is 4.78. The molecular formula is C11H22FN. The highest BCUT2D eigenvalue weighted by atomic mass is 19.1. The summed E-state index contributed by atoms with van der Waals surface area (Å²) in [5.41, 5.74) is -0.176. The van der Waals surface area contributed by atoms with Gasteiger partial charge in [-0.3, -0.25) is 0 Å². The van der Waals surface area contributed by atoms with Crippen LogP contribution in [0.15, 0.2) is 0 Å². The fourth-order valence-corrected chi connectivity index (χ4v) is 1.76. The van der Waals surface area contributed by atoms with E-state index in [0.717, 1.165) is 32.4 Å². The second kappa shape index (κ2) is 4.41. The molecule has 1 fully saturated rings. The highest BCUT2D eigenvalue weighted by Crippen LogP contribution is 2.30. The van der Waals surface area contributed by atoms with Crippen molar-refractivity contribution in [3.8, 4) is 0 Å². The normalized spacial score (nSPS) is 23.1. The molecule has 0 radical (unpaired) electrons. The predicted molar refractivity (Wildman–Crippen MR) is 54.6 cm³/mol. The summed E-state index contributed by atoms with van der Waals surface area (Å²) in [4.78, 5) is 0. The van der Waals surface area contributed by atoms with Crippen LogP contribution in [0.5, 0.6) is 0 Å².